The third-order valence-electron chi connectivity index (χ3n) is 5.45. The summed E-state index contributed by atoms with van der Waals surface area (Å²) in [7, 11) is 0. The molecule has 1 atom stereocenters. The maximum Gasteiger partial charge on any atom is 0.335 e. The van der Waals surface area contributed by atoms with Gasteiger partial charge < -0.3 is 20.1 Å². The minimum absolute atomic E-state index is 0.0718. The van der Waals surface area contributed by atoms with Gasteiger partial charge in [0.05, 0.1) is 5.56 Å². The van der Waals surface area contributed by atoms with Crippen LogP contribution >= 0.6 is 0 Å². The van der Waals surface area contributed by atoms with E-state index in [9.17, 15) is 19.5 Å². The molecule has 3 aromatic carbocycles. The summed E-state index contributed by atoms with van der Waals surface area (Å²) >= 11 is 0. The highest BCUT2D eigenvalue weighted by Crippen LogP contribution is 2.26. The van der Waals surface area contributed by atoms with E-state index in [2.05, 4.69) is 5.32 Å². The Morgan fingerprint density at radius 2 is 1.70 bits per heavy atom. The van der Waals surface area contributed by atoms with Gasteiger partial charge in [-0.25, -0.2) is 4.79 Å². The van der Waals surface area contributed by atoms with E-state index in [-0.39, 0.29) is 17.2 Å². The molecular weight excluding hydrogens is 420 g/mol. The van der Waals surface area contributed by atoms with Crippen LogP contribution in [-0.2, 0) is 9.59 Å². The number of carbonyl (C=O) groups excluding carboxylic acids is 2. The number of nitrogens with zero attached hydrogens (tertiary/aromatic N) is 1. The van der Waals surface area contributed by atoms with Crippen LogP contribution in [0.2, 0.25) is 0 Å². The van der Waals surface area contributed by atoms with Crippen molar-refractivity contribution in [1.82, 2.24) is 0 Å². The van der Waals surface area contributed by atoms with E-state index >= 15 is 0 Å². The van der Waals surface area contributed by atoms with E-state index in [1.807, 2.05) is 18.2 Å². The largest absolute Gasteiger partial charge is 0.478 e. The van der Waals surface area contributed by atoms with E-state index in [0.717, 1.165) is 18.5 Å². The lowest BCUT2D eigenvalue weighted by Crippen LogP contribution is -2.35. The molecule has 0 radical (unpaired) electrons. The molecule has 0 saturated carbocycles. The zero-order valence-electron chi connectivity index (χ0n) is 17.9. The maximum absolute atomic E-state index is 13.2. The molecule has 0 aliphatic carbocycles. The van der Waals surface area contributed by atoms with Crippen LogP contribution in [0.1, 0.15) is 41.3 Å². The molecule has 1 unspecified atom stereocenters. The molecule has 3 aromatic rings. The van der Waals surface area contributed by atoms with Gasteiger partial charge in [0.2, 0.25) is 12.0 Å². The molecule has 7 nitrogen and oxygen atoms in total. The predicted octanol–water partition coefficient (Wildman–Crippen LogP) is 4.66. The number of hydrogen-bond donors (Lipinski definition) is 2. The Balaban J connectivity index is 1.52. The van der Waals surface area contributed by atoms with Crippen LogP contribution in [0.4, 0.5) is 11.4 Å². The van der Waals surface area contributed by atoms with Gasteiger partial charge in [-0.1, -0.05) is 36.4 Å². The number of benzene rings is 3. The molecular formula is C26H24N2O5. The molecule has 1 saturated heterocycles. The minimum Gasteiger partial charge on any atom is -0.478 e. The summed E-state index contributed by atoms with van der Waals surface area (Å²) in [6.07, 6.45) is 1.46. The summed E-state index contributed by atoms with van der Waals surface area (Å²) in [4.78, 5) is 38.4. The summed E-state index contributed by atoms with van der Waals surface area (Å²) < 4.78 is 5.93. The number of carbonyl (C=O) groups is 3. The Hall–Kier alpha value is -4.13. The van der Waals surface area contributed by atoms with Crippen molar-refractivity contribution < 1.29 is 24.2 Å². The van der Waals surface area contributed by atoms with E-state index in [4.69, 9.17) is 4.74 Å². The van der Waals surface area contributed by atoms with Crippen LogP contribution in [-0.4, -0.2) is 29.4 Å². The van der Waals surface area contributed by atoms with Gasteiger partial charge in [0, 0.05) is 29.9 Å². The van der Waals surface area contributed by atoms with Crippen molar-refractivity contribution in [2.45, 2.75) is 25.4 Å². The Morgan fingerprint density at radius 1 is 0.939 bits per heavy atom. The average molecular weight is 444 g/mol. The van der Waals surface area contributed by atoms with Gasteiger partial charge in [0.1, 0.15) is 5.75 Å². The summed E-state index contributed by atoms with van der Waals surface area (Å²) in [6.45, 7) is 0.698. The van der Waals surface area contributed by atoms with Crippen molar-refractivity contribution in [3.8, 4) is 5.75 Å². The average Bonchev–Trinajstić information content (AvgIpc) is 2.84. The number of carboxylic acids is 1. The molecule has 1 aliphatic heterocycles. The smallest absolute Gasteiger partial charge is 0.335 e. The molecule has 1 aliphatic rings. The molecule has 0 bridgehead atoms. The van der Waals surface area contributed by atoms with E-state index in [1.54, 1.807) is 53.4 Å². The normalized spacial score (nSPS) is 14.4. The first-order chi connectivity index (χ1) is 16.0. The van der Waals surface area contributed by atoms with Crippen molar-refractivity contribution in [1.29, 1.82) is 0 Å². The van der Waals surface area contributed by atoms with E-state index in [1.165, 1.54) is 12.1 Å². The van der Waals surface area contributed by atoms with Gasteiger partial charge in [0.15, 0.2) is 0 Å². The predicted molar refractivity (Wildman–Crippen MR) is 124 cm³/mol. The molecule has 0 aromatic heterocycles. The van der Waals surface area contributed by atoms with Gasteiger partial charge >= 0.3 is 5.97 Å². The topological polar surface area (TPSA) is 95.9 Å². The molecule has 2 N–H and O–H groups in total. The fourth-order valence-electron chi connectivity index (χ4n) is 3.75. The number of anilines is 2. The highest BCUT2D eigenvalue weighted by molar-refractivity contribution is 5.97. The van der Waals surface area contributed by atoms with Crippen molar-refractivity contribution in [2.24, 2.45) is 0 Å². The van der Waals surface area contributed by atoms with Crippen LogP contribution in [0.5, 0.6) is 5.75 Å². The fourth-order valence-corrected chi connectivity index (χ4v) is 3.75. The Labute approximate surface area is 191 Å². The quantitative estimate of drug-likeness (QED) is 0.553. The Bertz CT molecular complexity index is 1140. The summed E-state index contributed by atoms with van der Waals surface area (Å²) in [5.41, 5.74) is 2.07. The van der Waals surface area contributed by atoms with E-state index < -0.39 is 18.0 Å². The molecule has 1 fully saturated rings. The van der Waals surface area contributed by atoms with Gasteiger partial charge in [-0.2, -0.15) is 0 Å². The number of ether oxygens (including phenoxy) is 1. The number of nitrogens with one attached hydrogen (secondary N) is 1. The van der Waals surface area contributed by atoms with Crippen LogP contribution in [0.25, 0.3) is 0 Å². The summed E-state index contributed by atoms with van der Waals surface area (Å²) in [5.74, 6) is -1.09. The third-order valence-corrected chi connectivity index (χ3v) is 5.45. The van der Waals surface area contributed by atoms with Gasteiger partial charge in [-0.15, -0.1) is 0 Å². The van der Waals surface area contributed by atoms with Crippen molar-refractivity contribution in [2.75, 3.05) is 16.8 Å². The zero-order chi connectivity index (χ0) is 23.2. The van der Waals surface area contributed by atoms with Crippen LogP contribution in [0, 0.1) is 0 Å². The van der Waals surface area contributed by atoms with Gasteiger partial charge in [0.25, 0.3) is 5.91 Å². The standard InChI is InChI=1S/C26H24N2O5/c29-23-11-4-5-16-28(23)21-14-12-20(13-15-21)27-25(30)24(18-7-2-1-3-8-18)33-22-10-6-9-19(17-22)26(31)32/h1-3,6-10,12-15,17,24H,4-5,11,16H2,(H,27,30)(H,31,32). The van der Waals surface area contributed by atoms with Crippen LogP contribution in [0.3, 0.4) is 0 Å². The monoisotopic (exact) mass is 444 g/mol. The highest BCUT2D eigenvalue weighted by atomic mass is 16.5. The minimum atomic E-state index is -1.08. The number of aromatic carboxylic acids is 1. The number of amides is 2. The van der Waals surface area contributed by atoms with Gasteiger partial charge in [-0.3, -0.25) is 9.59 Å². The van der Waals surface area contributed by atoms with Gasteiger partial charge in [-0.05, 0) is 55.3 Å². The second-order valence-electron chi connectivity index (χ2n) is 7.78. The van der Waals surface area contributed by atoms with Crippen molar-refractivity contribution >= 4 is 29.2 Å². The number of carboxylic acid groups (broad SMARTS) is 1. The fraction of sp³-hybridized carbons (Fsp3) is 0.192. The first-order valence-corrected chi connectivity index (χ1v) is 10.8. The van der Waals surface area contributed by atoms with Crippen LogP contribution < -0.4 is 15.0 Å². The lowest BCUT2D eigenvalue weighted by molar-refractivity contribution is -0.123. The molecule has 7 heteroatoms. The summed E-state index contributed by atoms with van der Waals surface area (Å²) in [5, 5.41) is 12.1. The third kappa shape index (κ3) is 5.38. The van der Waals surface area contributed by atoms with E-state index in [0.29, 0.717) is 24.2 Å². The number of piperidine rings is 1. The molecule has 0 spiro atoms. The maximum atomic E-state index is 13.2. The second-order valence-corrected chi connectivity index (χ2v) is 7.78. The lowest BCUT2D eigenvalue weighted by Gasteiger charge is -2.27. The molecule has 1 heterocycles. The second kappa shape index (κ2) is 9.99. The zero-order valence-corrected chi connectivity index (χ0v) is 17.9. The van der Waals surface area contributed by atoms with Crippen LogP contribution in [0.15, 0.2) is 78.9 Å². The molecule has 2 amide bonds. The van der Waals surface area contributed by atoms with Crippen molar-refractivity contribution in [3.63, 3.8) is 0 Å². The SMILES string of the molecule is O=C(O)c1cccc(OC(C(=O)Nc2ccc(N3CCCCC3=O)cc2)c2ccccc2)c1. The first-order valence-electron chi connectivity index (χ1n) is 10.8. The molecule has 4 rings (SSSR count). The highest BCUT2D eigenvalue weighted by Gasteiger charge is 2.24. The van der Waals surface area contributed by atoms with Crippen molar-refractivity contribution in [3.05, 3.63) is 90.0 Å². The Morgan fingerprint density at radius 3 is 2.39 bits per heavy atom. The molecule has 168 valence electrons. The summed E-state index contributed by atoms with van der Waals surface area (Å²) in [6, 6.07) is 22.1. The Kier molecular flexibility index (Phi) is 6.69. The lowest BCUT2D eigenvalue weighted by atomic mass is 10.1. The number of rotatable bonds is 7. The molecule has 33 heavy (non-hydrogen) atoms. The number of hydrogen-bond acceptors (Lipinski definition) is 4. The first kappa shape index (κ1) is 22.1.